The Kier molecular flexibility index (Phi) is 5.42. The van der Waals surface area contributed by atoms with Crippen molar-refractivity contribution in [2.45, 2.75) is 0 Å². The van der Waals surface area contributed by atoms with Gasteiger partial charge in [0.15, 0.2) is 0 Å². The van der Waals surface area contributed by atoms with Crippen LogP contribution in [0, 0.1) is 0 Å². The lowest BCUT2D eigenvalue weighted by atomic mass is 10.1. The molecule has 4 nitrogen and oxygen atoms in total. The number of anilines is 2. The van der Waals surface area contributed by atoms with E-state index in [1.807, 2.05) is 6.08 Å². The molecule has 1 aromatic rings. The number of nitrogens with two attached hydrogens (primary N) is 2. The first-order valence-electron chi connectivity index (χ1n) is 5.26. The number of benzene rings is 1. The van der Waals surface area contributed by atoms with Crippen LogP contribution in [-0.4, -0.2) is 24.0 Å². The van der Waals surface area contributed by atoms with Crippen LogP contribution >= 0.6 is 11.8 Å². The van der Waals surface area contributed by atoms with E-state index in [-0.39, 0.29) is 5.91 Å². The Balaban J connectivity index is 2.44. The van der Waals surface area contributed by atoms with E-state index in [1.54, 1.807) is 30.0 Å². The maximum atomic E-state index is 11.7. The smallest absolute Gasteiger partial charge is 0.251 e. The van der Waals surface area contributed by atoms with Crippen LogP contribution in [0.1, 0.15) is 10.4 Å². The second-order valence-electron chi connectivity index (χ2n) is 3.51. The highest BCUT2D eigenvalue weighted by Gasteiger charge is 2.06. The normalized spacial score (nSPS) is 9.88. The van der Waals surface area contributed by atoms with Gasteiger partial charge >= 0.3 is 0 Å². The summed E-state index contributed by atoms with van der Waals surface area (Å²) in [6, 6.07) is 4.85. The van der Waals surface area contributed by atoms with E-state index in [9.17, 15) is 4.79 Å². The van der Waals surface area contributed by atoms with Crippen molar-refractivity contribution in [2.24, 2.45) is 0 Å². The fraction of sp³-hybridized carbons (Fsp3) is 0.250. The van der Waals surface area contributed by atoms with Gasteiger partial charge in [0.25, 0.3) is 5.91 Å². The number of nitrogens with one attached hydrogen (secondary N) is 1. The summed E-state index contributed by atoms with van der Waals surface area (Å²) in [5.74, 6) is 1.60. The van der Waals surface area contributed by atoms with Crippen LogP contribution in [0.4, 0.5) is 11.4 Å². The van der Waals surface area contributed by atoms with E-state index < -0.39 is 0 Å². The van der Waals surface area contributed by atoms with Crippen molar-refractivity contribution in [3.63, 3.8) is 0 Å². The third-order valence-electron chi connectivity index (χ3n) is 2.01. The van der Waals surface area contributed by atoms with Gasteiger partial charge < -0.3 is 16.8 Å². The predicted octanol–water partition coefficient (Wildman–Crippen LogP) is 1.50. The molecule has 0 atom stereocenters. The molecule has 0 saturated carbocycles. The summed E-state index contributed by atoms with van der Waals surface area (Å²) in [6.45, 7) is 4.24. The zero-order chi connectivity index (χ0) is 12.7. The third kappa shape index (κ3) is 4.82. The average molecular weight is 251 g/mol. The number of amides is 1. The maximum absolute atomic E-state index is 11.7. The molecule has 0 aliphatic carbocycles. The van der Waals surface area contributed by atoms with Crippen LogP contribution in [-0.2, 0) is 0 Å². The summed E-state index contributed by atoms with van der Waals surface area (Å²) in [4.78, 5) is 11.7. The number of rotatable bonds is 6. The predicted molar refractivity (Wildman–Crippen MR) is 75.1 cm³/mol. The molecule has 0 spiro atoms. The van der Waals surface area contributed by atoms with Crippen molar-refractivity contribution >= 4 is 29.0 Å². The minimum absolute atomic E-state index is 0.150. The number of carbonyl (C=O) groups excluding carboxylic acids is 1. The molecule has 5 N–H and O–H groups in total. The molecule has 0 heterocycles. The Morgan fingerprint density at radius 3 is 2.59 bits per heavy atom. The number of thioether (sulfide) groups is 1. The van der Waals surface area contributed by atoms with Crippen LogP contribution in [0.3, 0.4) is 0 Å². The molecule has 92 valence electrons. The molecule has 0 fully saturated rings. The highest BCUT2D eigenvalue weighted by molar-refractivity contribution is 7.99. The summed E-state index contributed by atoms with van der Waals surface area (Å²) in [5.41, 5.74) is 12.7. The molecular weight excluding hydrogens is 234 g/mol. The summed E-state index contributed by atoms with van der Waals surface area (Å²) < 4.78 is 0. The molecular formula is C12H17N3OS. The van der Waals surface area contributed by atoms with E-state index in [0.29, 0.717) is 23.5 Å². The summed E-state index contributed by atoms with van der Waals surface area (Å²) in [5, 5.41) is 2.81. The first kappa shape index (κ1) is 13.4. The van der Waals surface area contributed by atoms with Gasteiger partial charge in [-0.2, -0.15) is 11.8 Å². The molecule has 1 aromatic carbocycles. The SMILES string of the molecule is C=CCSCCNC(=O)c1cc(N)cc(N)c1. The van der Waals surface area contributed by atoms with E-state index in [0.717, 1.165) is 11.5 Å². The maximum Gasteiger partial charge on any atom is 0.251 e. The van der Waals surface area contributed by atoms with Crippen LogP contribution in [0.25, 0.3) is 0 Å². The molecule has 0 aromatic heterocycles. The second kappa shape index (κ2) is 6.85. The molecule has 0 radical (unpaired) electrons. The van der Waals surface area contributed by atoms with Crippen LogP contribution in [0.2, 0.25) is 0 Å². The summed E-state index contributed by atoms with van der Waals surface area (Å²) >= 11 is 1.71. The molecule has 5 heteroatoms. The average Bonchev–Trinajstić information content (AvgIpc) is 2.27. The lowest BCUT2D eigenvalue weighted by Crippen LogP contribution is -2.26. The van der Waals surface area contributed by atoms with Gasteiger partial charge in [-0.3, -0.25) is 4.79 Å². The molecule has 0 bridgehead atoms. The van der Waals surface area contributed by atoms with Crippen molar-refractivity contribution in [2.75, 3.05) is 29.5 Å². The van der Waals surface area contributed by atoms with Gasteiger partial charge in [-0.1, -0.05) is 6.08 Å². The van der Waals surface area contributed by atoms with Gasteiger partial charge in [0.2, 0.25) is 0 Å². The largest absolute Gasteiger partial charge is 0.399 e. The number of hydrogen-bond acceptors (Lipinski definition) is 4. The number of carbonyl (C=O) groups is 1. The molecule has 17 heavy (non-hydrogen) atoms. The summed E-state index contributed by atoms with van der Waals surface area (Å²) in [7, 11) is 0. The van der Waals surface area contributed by atoms with Gasteiger partial charge in [0.05, 0.1) is 0 Å². The molecule has 1 rings (SSSR count). The second-order valence-corrected chi connectivity index (χ2v) is 4.66. The fourth-order valence-electron chi connectivity index (χ4n) is 1.31. The van der Waals surface area contributed by atoms with Crippen LogP contribution in [0.15, 0.2) is 30.9 Å². The van der Waals surface area contributed by atoms with E-state index >= 15 is 0 Å². The lowest BCUT2D eigenvalue weighted by molar-refractivity contribution is 0.0956. The Morgan fingerprint density at radius 1 is 1.35 bits per heavy atom. The monoisotopic (exact) mass is 251 g/mol. The lowest BCUT2D eigenvalue weighted by Gasteiger charge is -2.06. The van der Waals surface area contributed by atoms with Gasteiger partial charge in [-0.05, 0) is 18.2 Å². The van der Waals surface area contributed by atoms with E-state index in [1.165, 1.54) is 0 Å². The van der Waals surface area contributed by atoms with Gasteiger partial charge in [-0.25, -0.2) is 0 Å². The number of nitrogen functional groups attached to an aromatic ring is 2. The Hall–Kier alpha value is -1.62. The molecule has 0 saturated heterocycles. The highest BCUT2D eigenvalue weighted by Crippen LogP contribution is 2.13. The first-order chi connectivity index (χ1) is 8.13. The van der Waals surface area contributed by atoms with Crippen molar-refractivity contribution < 1.29 is 4.79 Å². The topological polar surface area (TPSA) is 81.1 Å². The molecule has 1 amide bonds. The fourth-order valence-corrected chi connectivity index (χ4v) is 1.89. The molecule has 0 aliphatic heterocycles. The standard InChI is InChI=1S/C12H17N3OS/c1-2-4-17-5-3-15-12(16)9-6-10(13)8-11(14)7-9/h2,6-8H,1,3-5,13-14H2,(H,15,16). The number of hydrogen-bond donors (Lipinski definition) is 3. The van der Waals surface area contributed by atoms with Crippen molar-refractivity contribution in [3.8, 4) is 0 Å². The van der Waals surface area contributed by atoms with Gasteiger partial charge in [0.1, 0.15) is 0 Å². The summed E-state index contributed by atoms with van der Waals surface area (Å²) in [6.07, 6.45) is 1.84. The zero-order valence-corrected chi connectivity index (χ0v) is 10.4. The Morgan fingerprint density at radius 2 is 2.00 bits per heavy atom. The van der Waals surface area contributed by atoms with E-state index in [2.05, 4.69) is 11.9 Å². The third-order valence-corrected chi connectivity index (χ3v) is 2.97. The zero-order valence-electron chi connectivity index (χ0n) is 9.61. The quantitative estimate of drug-likeness (QED) is 0.406. The highest BCUT2D eigenvalue weighted by atomic mass is 32.2. The van der Waals surface area contributed by atoms with Crippen molar-refractivity contribution in [3.05, 3.63) is 36.4 Å². The van der Waals surface area contributed by atoms with Crippen LogP contribution in [0.5, 0.6) is 0 Å². The van der Waals surface area contributed by atoms with Crippen molar-refractivity contribution in [1.82, 2.24) is 5.32 Å². The Labute approximate surface area is 105 Å². The van der Waals surface area contributed by atoms with Gasteiger partial charge in [0, 0.05) is 35.0 Å². The first-order valence-corrected chi connectivity index (χ1v) is 6.42. The van der Waals surface area contributed by atoms with Gasteiger partial charge in [-0.15, -0.1) is 6.58 Å². The van der Waals surface area contributed by atoms with E-state index in [4.69, 9.17) is 11.5 Å². The minimum atomic E-state index is -0.150. The Bertz CT molecular complexity index is 386. The van der Waals surface area contributed by atoms with Crippen molar-refractivity contribution in [1.29, 1.82) is 0 Å². The molecule has 0 aliphatic rings. The minimum Gasteiger partial charge on any atom is -0.399 e. The molecule has 0 unspecified atom stereocenters. The van der Waals surface area contributed by atoms with Crippen LogP contribution < -0.4 is 16.8 Å².